The number of H-pyrrole nitrogens is 1. The maximum atomic E-state index is 13.7. The van der Waals surface area contributed by atoms with E-state index in [1.807, 2.05) is 0 Å². The molecule has 134 valence electrons. The summed E-state index contributed by atoms with van der Waals surface area (Å²) in [5.74, 6) is -0.720. The van der Waals surface area contributed by atoms with E-state index in [9.17, 15) is 14.0 Å². The molecule has 3 rings (SSSR count). The zero-order chi connectivity index (χ0) is 17.8. The second-order valence-corrected chi connectivity index (χ2v) is 6.56. The number of methoxy groups -OCH3 is 1. The number of hydrogen-bond acceptors (Lipinski definition) is 6. The third-order valence-corrected chi connectivity index (χ3v) is 4.92. The van der Waals surface area contributed by atoms with Crippen molar-refractivity contribution in [2.24, 2.45) is 0 Å². The first-order valence-electron chi connectivity index (χ1n) is 7.85. The van der Waals surface area contributed by atoms with E-state index in [0.717, 1.165) is 30.7 Å². The second-order valence-electron chi connectivity index (χ2n) is 5.62. The van der Waals surface area contributed by atoms with Gasteiger partial charge in [-0.15, -0.1) is 5.10 Å². The molecule has 0 radical (unpaired) electrons. The minimum atomic E-state index is -0.589. The van der Waals surface area contributed by atoms with Crippen molar-refractivity contribution in [3.8, 4) is 5.75 Å². The van der Waals surface area contributed by atoms with E-state index in [2.05, 4.69) is 10.2 Å². The van der Waals surface area contributed by atoms with Gasteiger partial charge in [-0.2, -0.15) is 0 Å². The number of carbonyl (C=O) groups is 1. The van der Waals surface area contributed by atoms with E-state index in [4.69, 9.17) is 9.47 Å². The van der Waals surface area contributed by atoms with Crippen LogP contribution in [-0.4, -0.2) is 46.1 Å². The van der Waals surface area contributed by atoms with Gasteiger partial charge in [-0.3, -0.25) is 9.36 Å². The van der Waals surface area contributed by atoms with Crippen molar-refractivity contribution in [1.29, 1.82) is 0 Å². The molecule has 0 bridgehead atoms. The third kappa shape index (κ3) is 4.10. The lowest BCUT2D eigenvalue weighted by Gasteiger charge is -2.10. The molecule has 7 nitrogen and oxygen atoms in total. The number of benzene rings is 1. The molecule has 1 fully saturated rings. The molecule has 1 N–H and O–H groups in total. The number of aromatic nitrogens is 3. The highest BCUT2D eigenvalue weighted by Crippen LogP contribution is 2.21. The van der Waals surface area contributed by atoms with E-state index in [-0.39, 0.29) is 34.6 Å². The van der Waals surface area contributed by atoms with Gasteiger partial charge in [-0.25, -0.2) is 14.3 Å². The van der Waals surface area contributed by atoms with Crippen LogP contribution < -0.4 is 10.4 Å². The van der Waals surface area contributed by atoms with Crippen LogP contribution in [0.1, 0.15) is 23.2 Å². The summed E-state index contributed by atoms with van der Waals surface area (Å²) in [5, 5.41) is 6.77. The fraction of sp³-hybridized carbons (Fsp3) is 0.438. The predicted octanol–water partition coefficient (Wildman–Crippen LogP) is 1.87. The summed E-state index contributed by atoms with van der Waals surface area (Å²) in [6, 6.07) is 4.07. The number of hydrogen-bond donors (Lipinski definition) is 1. The Labute approximate surface area is 147 Å². The summed E-state index contributed by atoms with van der Waals surface area (Å²) in [6.07, 6.45) is 1.86. The maximum Gasteiger partial charge on any atom is 0.344 e. The summed E-state index contributed by atoms with van der Waals surface area (Å²) in [7, 11) is 1.36. The van der Waals surface area contributed by atoms with Crippen molar-refractivity contribution in [1.82, 2.24) is 14.8 Å². The van der Waals surface area contributed by atoms with Crippen LogP contribution in [0.2, 0.25) is 0 Å². The molecule has 25 heavy (non-hydrogen) atoms. The second kappa shape index (κ2) is 7.83. The van der Waals surface area contributed by atoms with E-state index in [0.29, 0.717) is 18.3 Å². The van der Waals surface area contributed by atoms with Crippen molar-refractivity contribution in [3.05, 3.63) is 40.1 Å². The average Bonchev–Trinajstić information content (AvgIpc) is 3.24. The molecule has 0 saturated carbocycles. The third-order valence-electron chi connectivity index (χ3n) is 3.94. The standard InChI is InChI=1S/C16H18FN3O4S/c1-23-14-5-4-10(7-12(14)17)13(21)9-25-16-19-18-15(22)20(16)8-11-3-2-6-24-11/h4-5,7,11H,2-3,6,8-9H2,1H3,(H,18,22). The van der Waals surface area contributed by atoms with Gasteiger partial charge in [-0.05, 0) is 31.0 Å². The molecule has 1 atom stereocenters. The Morgan fingerprint density at radius 2 is 2.40 bits per heavy atom. The highest BCUT2D eigenvalue weighted by Gasteiger charge is 2.20. The van der Waals surface area contributed by atoms with Crippen LogP contribution >= 0.6 is 11.8 Å². The molecule has 9 heteroatoms. The molecule has 1 unspecified atom stereocenters. The Morgan fingerprint density at radius 1 is 1.56 bits per heavy atom. The van der Waals surface area contributed by atoms with Crippen LogP contribution in [0.15, 0.2) is 28.2 Å². The van der Waals surface area contributed by atoms with Crippen LogP contribution in [-0.2, 0) is 11.3 Å². The molecule has 1 aromatic heterocycles. The Bertz CT molecular complexity index is 814. The SMILES string of the molecule is COc1ccc(C(=O)CSc2n[nH]c(=O)n2CC2CCCO2)cc1F. The minimum absolute atomic E-state index is 0.0129. The van der Waals surface area contributed by atoms with E-state index >= 15 is 0 Å². The van der Waals surface area contributed by atoms with Gasteiger partial charge in [0.05, 0.1) is 25.5 Å². The highest BCUT2D eigenvalue weighted by molar-refractivity contribution is 7.99. The van der Waals surface area contributed by atoms with Gasteiger partial charge in [0, 0.05) is 12.2 Å². The molecule has 1 aromatic carbocycles. The summed E-state index contributed by atoms with van der Waals surface area (Å²) in [5.41, 5.74) is -0.0877. The van der Waals surface area contributed by atoms with Crippen molar-refractivity contribution in [3.63, 3.8) is 0 Å². The largest absolute Gasteiger partial charge is 0.494 e. The zero-order valence-electron chi connectivity index (χ0n) is 13.7. The summed E-state index contributed by atoms with van der Waals surface area (Å²) in [4.78, 5) is 24.1. The van der Waals surface area contributed by atoms with Crippen molar-refractivity contribution < 1.29 is 18.7 Å². The van der Waals surface area contributed by atoms with Gasteiger partial charge in [-0.1, -0.05) is 11.8 Å². The van der Waals surface area contributed by atoms with Crippen LogP contribution in [0, 0.1) is 5.82 Å². The molecule has 1 saturated heterocycles. The maximum absolute atomic E-state index is 13.7. The van der Waals surface area contributed by atoms with Gasteiger partial charge in [0.1, 0.15) is 0 Å². The predicted molar refractivity (Wildman–Crippen MR) is 89.8 cm³/mol. The van der Waals surface area contributed by atoms with Gasteiger partial charge >= 0.3 is 5.69 Å². The summed E-state index contributed by atoms with van der Waals surface area (Å²) in [6.45, 7) is 1.10. The number of halogens is 1. The smallest absolute Gasteiger partial charge is 0.344 e. The number of carbonyl (C=O) groups excluding carboxylic acids is 1. The molecule has 0 spiro atoms. The van der Waals surface area contributed by atoms with Crippen molar-refractivity contribution in [2.45, 2.75) is 30.6 Å². The molecular formula is C16H18FN3O4S. The van der Waals surface area contributed by atoms with Crippen molar-refractivity contribution in [2.75, 3.05) is 19.5 Å². The fourth-order valence-corrected chi connectivity index (χ4v) is 3.47. The average molecular weight is 367 g/mol. The number of aromatic amines is 1. The lowest BCUT2D eigenvalue weighted by molar-refractivity contribution is 0.0941. The van der Waals surface area contributed by atoms with Crippen molar-refractivity contribution >= 4 is 17.5 Å². The Kier molecular flexibility index (Phi) is 5.54. The molecule has 0 aliphatic carbocycles. The number of ether oxygens (including phenoxy) is 2. The highest BCUT2D eigenvalue weighted by atomic mass is 32.2. The van der Waals surface area contributed by atoms with E-state index in [1.165, 1.54) is 23.8 Å². The quantitative estimate of drug-likeness (QED) is 0.594. The Hall–Kier alpha value is -2.13. The van der Waals surface area contributed by atoms with Crippen LogP contribution in [0.3, 0.4) is 0 Å². The number of rotatable bonds is 7. The van der Waals surface area contributed by atoms with Gasteiger partial charge in [0.25, 0.3) is 0 Å². The normalized spacial score (nSPS) is 17.0. The van der Waals surface area contributed by atoms with E-state index < -0.39 is 5.82 Å². The molecule has 1 aliphatic rings. The Balaban J connectivity index is 1.66. The number of nitrogens with zero attached hydrogens (tertiary/aromatic N) is 2. The lowest BCUT2D eigenvalue weighted by Crippen LogP contribution is -2.25. The van der Waals surface area contributed by atoms with Gasteiger partial charge in [0.15, 0.2) is 22.5 Å². The number of nitrogens with one attached hydrogen (secondary N) is 1. The molecular weight excluding hydrogens is 349 g/mol. The number of Topliss-reactive ketones (excluding diaryl/α,β-unsaturated/α-hetero) is 1. The molecule has 1 aliphatic heterocycles. The van der Waals surface area contributed by atoms with E-state index in [1.54, 1.807) is 0 Å². The summed E-state index contributed by atoms with van der Waals surface area (Å²) >= 11 is 1.13. The number of ketones is 1. The van der Waals surface area contributed by atoms with Crippen LogP contribution in [0.25, 0.3) is 0 Å². The first kappa shape index (κ1) is 17.7. The monoisotopic (exact) mass is 367 g/mol. The lowest BCUT2D eigenvalue weighted by atomic mass is 10.1. The first-order valence-corrected chi connectivity index (χ1v) is 8.83. The molecule has 2 aromatic rings. The van der Waals surface area contributed by atoms with Crippen LogP contribution in [0.5, 0.6) is 5.75 Å². The fourth-order valence-electron chi connectivity index (χ4n) is 2.62. The van der Waals surface area contributed by atoms with Gasteiger partial charge < -0.3 is 9.47 Å². The van der Waals surface area contributed by atoms with Crippen LogP contribution in [0.4, 0.5) is 4.39 Å². The number of thioether (sulfide) groups is 1. The summed E-state index contributed by atoms with van der Waals surface area (Å²) < 4.78 is 25.6. The topological polar surface area (TPSA) is 86.2 Å². The first-order chi connectivity index (χ1) is 12.1. The zero-order valence-corrected chi connectivity index (χ0v) is 14.5. The molecule has 2 heterocycles. The minimum Gasteiger partial charge on any atom is -0.494 e. The van der Waals surface area contributed by atoms with Gasteiger partial charge in [0.2, 0.25) is 0 Å². The Morgan fingerprint density at radius 3 is 3.08 bits per heavy atom. The molecule has 0 amide bonds.